The zero-order valence-corrected chi connectivity index (χ0v) is 37.5. The highest BCUT2D eigenvalue weighted by atomic mass is 32.2. The fourth-order valence-corrected chi connectivity index (χ4v) is 11.5. The fraction of sp³-hybridized carbons (Fsp3) is 0.545. The van der Waals surface area contributed by atoms with Gasteiger partial charge in [-0.15, -0.1) is 5.26 Å². The maximum atomic E-state index is 12.8. The second-order valence-electron chi connectivity index (χ2n) is 17.4. The number of hydrogen-bond acceptors (Lipinski definition) is 11. The number of aromatic nitrogens is 4. The third kappa shape index (κ3) is 9.71. The largest absolute Gasteiger partial charge is 0.387 e. The summed E-state index contributed by atoms with van der Waals surface area (Å²) in [7, 11) is -4.27. The first kappa shape index (κ1) is 43.8. The molecular weight excluding hydrogens is 829 g/mol. The molecule has 2 aromatic heterocycles. The van der Waals surface area contributed by atoms with Gasteiger partial charge in [-0.25, -0.2) is 23.1 Å². The van der Waals surface area contributed by atoms with Crippen LogP contribution in [0.5, 0.6) is 5.75 Å². The molecule has 16 nitrogen and oxygen atoms in total. The first-order valence-electron chi connectivity index (χ1n) is 22.0. The summed E-state index contributed by atoms with van der Waals surface area (Å²) in [6, 6.07) is 7.01. The zero-order valence-electron chi connectivity index (χ0n) is 35.8. The number of nitrogens with two attached hydrogens (primary N) is 1. The number of hydrogen-bond donors (Lipinski definition) is 3. The SMILES string of the molecule is Cn1nc(S(=O)(=O)NC(=O)Nc2c3c(cc4c2CCC4)CCC3)cc1CN1CCCC1.Cn1nc(S(N)(=O)=O)cc1CN1CCCC1.N#COc1c2c(cc3c1CCC3)CCC2. The Morgan fingerprint density at radius 1 is 0.661 bits per heavy atom. The van der Waals surface area contributed by atoms with Crippen molar-refractivity contribution in [3.63, 3.8) is 0 Å². The van der Waals surface area contributed by atoms with Crippen LogP contribution in [-0.4, -0.2) is 78.4 Å². The van der Waals surface area contributed by atoms with E-state index < -0.39 is 26.1 Å². The van der Waals surface area contributed by atoms with Crippen LogP contribution in [-0.2, 0) is 98.6 Å². The summed E-state index contributed by atoms with van der Waals surface area (Å²) in [5, 5.41) is 24.5. The minimum absolute atomic E-state index is 0.0517. The molecule has 2 fully saturated rings. The van der Waals surface area contributed by atoms with Crippen molar-refractivity contribution in [2.75, 3.05) is 31.5 Å². The van der Waals surface area contributed by atoms with Gasteiger partial charge in [-0.1, -0.05) is 12.1 Å². The lowest BCUT2D eigenvalue weighted by atomic mass is 9.99. The van der Waals surface area contributed by atoms with E-state index in [1.165, 1.54) is 70.2 Å². The Kier molecular flexibility index (Phi) is 13.1. The number of carbonyl (C=O) groups is 1. The van der Waals surface area contributed by atoms with E-state index in [0.717, 1.165) is 133 Å². The van der Waals surface area contributed by atoms with Crippen LogP contribution >= 0.6 is 0 Å². The summed E-state index contributed by atoms with van der Waals surface area (Å²) in [6.45, 7) is 5.55. The number of sulfonamides is 2. The second-order valence-corrected chi connectivity index (χ2v) is 20.5. The van der Waals surface area contributed by atoms with Crippen molar-refractivity contribution in [2.24, 2.45) is 19.2 Å². The van der Waals surface area contributed by atoms with Gasteiger partial charge in [0.1, 0.15) is 5.75 Å². The molecule has 332 valence electrons. The average molecular weight is 887 g/mol. The molecule has 18 heteroatoms. The number of nitrogens with zero attached hydrogens (tertiary/aromatic N) is 7. The van der Waals surface area contributed by atoms with Crippen LogP contribution in [0.25, 0.3) is 0 Å². The number of fused-ring (bicyclic) bond motifs is 4. The van der Waals surface area contributed by atoms with Gasteiger partial charge < -0.3 is 10.1 Å². The zero-order chi connectivity index (χ0) is 43.6. The molecule has 0 radical (unpaired) electrons. The molecule has 4 aromatic rings. The van der Waals surface area contributed by atoms with Gasteiger partial charge in [-0.05, 0) is 173 Å². The van der Waals surface area contributed by atoms with E-state index in [1.807, 2.05) is 6.26 Å². The molecule has 0 saturated carbocycles. The Balaban J connectivity index is 0.000000143. The molecule has 6 aliphatic rings. The van der Waals surface area contributed by atoms with Gasteiger partial charge >= 0.3 is 6.03 Å². The van der Waals surface area contributed by atoms with Crippen LogP contribution in [0.4, 0.5) is 10.5 Å². The highest BCUT2D eigenvalue weighted by molar-refractivity contribution is 7.90. The highest BCUT2D eigenvalue weighted by Gasteiger charge is 2.29. The number of ether oxygens (including phenoxy) is 1. The molecular formula is C44H58N10O6S2. The normalized spacial score (nSPS) is 17.9. The highest BCUT2D eigenvalue weighted by Crippen LogP contribution is 2.41. The van der Waals surface area contributed by atoms with E-state index in [1.54, 1.807) is 35.6 Å². The van der Waals surface area contributed by atoms with E-state index in [-0.39, 0.29) is 10.1 Å². The number of amides is 2. The maximum Gasteiger partial charge on any atom is 0.333 e. The molecule has 4 aliphatic carbocycles. The van der Waals surface area contributed by atoms with Crippen molar-refractivity contribution in [2.45, 2.75) is 126 Å². The molecule has 0 bridgehead atoms. The van der Waals surface area contributed by atoms with E-state index in [2.05, 4.69) is 42.2 Å². The minimum Gasteiger partial charge on any atom is -0.387 e. The summed E-state index contributed by atoms with van der Waals surface area (Å²) in [5.74, 6) is 0.903. The molecule has 0 atom stereocenters. The fourth-order valence-electron chi connectivity index (χ4n) is 10.1. The quantitative estimate of drug-likeness (QED) is 0.196. The number of primary sulfonamides is 1. The van der Waals surface area contributed by atoms with Crippen LogP contribution in [0.2, 0.25) is 0 Å². The number of aryl methyl sites for hydroxylation is 6. The van der Waals surface area contributed by atoms with Crippen molar-refractivity contribution in [3.8, 4) is 12.0 Å². The van der Waals surface area contributed by atoms with Gasteiger partial charge in [-0.2, -0.15) is 18.6 Å². The molecule has 2 aliphatic heterocycles. The molecule has 2 aromatic carbocycles. The minimum atomic E-state index is -4.06. The third-order valence-corrected chi connectivity index (χ3v) is 15.1. The first-order valence-corrected chi connectivity index (χ1v) is 25.1. The van der Waals surface area contributed by atoms with Crippen LogP contribution in [0, 0.1) is 11.5 Å². The Morgan fingerprint density at radius 2 is 1.08 bits per heavy atom. The van der Waals surface area contributed by atoms with Gasteiger partial charge in [-0.3, -0.25) is 19.2 Å². The number of nitrogens with one attached hydrogen (secondary N) is 2. The monoisotopic (exact) mass is 886 g/mol. The molecule has 4 heterocycles. The van der Waals surface area contributed by atoms with Crippen LogP contribution in [0.1, 0.15) is 107 Å². The van der Waals surface area contributed by atoms with E-state index in [0.29, 0.717) is 6.54 Å². The molecule has 2 amide bonds. The predicted octanol–water partition coefficient (Wildman–Crippen LogP) is 4.69. The standard InChI is InChI=1S/C22H29N5O3S.C13H13NO.C9H16N4O2S/c1-26-17(14-27-10-2-3-11-27)13-20(24-26)31(29,30)25-22(28)23-21-18-8-4-6-15(18)12-16-7-5-9-19(16)21;14-8-15-13-11-5-1-3-9(11)7-10-4-2-6-12(10)13;1-12-8(7-13-4-2-3-5-13)6-9(11-12)16(10,14)15/h12-13H,2-11,14H2,1H3,(H2,23,25,28);7H,1-6H2;6H,2-5,7H2,1H3,(H2,10,14,15). The molecule has 0 spiro atoms. The second kappa shape index (κ2) is 18.5. The number of rotatable bonds is 9. The molecule has 62 heavy (non-hydrogen) atoms. The molecule has 10 rings (SSSR count). The lowest BCUT2D eigenvalue weighted by Gasteiger charge is -2.16. The third-order valence-electron chi connectivity index (χ3n) is 13.1. The smallest absolute Gasteiger partial charge is 0.333 e. The van der Waals surface area contributed by atoms with Gasteiger partial charge in [0.15, 0.2) is 10.1 Å². The molecule has 4 N–H and O–H groups in total. The lowest BCUT2D eigenvalue weighted by Crippen LogP contribution is -2.35. The van der Waals surface area contributed by atoms with Crippen LogP contribution in [0.15, 0.2) is 34.3 Å². The van der Waals surface area contributed by atoms with Crippen LogP contribution in [0.3, 0.4) is 0 Å². The van der Waals surface area contributed by atoms with E-state index in [9.17, 15) is 21.6 Å². The van der Waals surface area contributed by atoms with Crippen molar-refractivity contribution in [1.29, 1.82) is 5.26 Å². The number of anilines is 1. The van der Waals surface area contributed by atoms with Gasteiger partial charge in [0.05, 0.1) is 11.4 Å². The summed E-state index contributed by atoms with van der Waals surface area (Å²) in [5.41, 5.74) is 12.9. The number of carbonyl (C=O) groups excluding carboxylic acids is 1. The Morgan fingerprint density at radius 3 is 1.52 bits per heavy atom. The molecule has 0 unspecified atom stereocenters. The number of benzene rings is 2. The first-order chi connectivity index (χ1) is 29.8. The summed E-state index contributed by atoms with van der Waals surface area (Å²) >= 11 is 0. The average Bonchev–Trinajstić information content (AvgIpc) is 4.07. The number of nitriles is 1. The van der Waals surface area contributed by atoms with Gasteiger partial charge in [0, 0.05) is 45.0 Å². The van der Waals surface area contributed by atoms with Crippen molar-refractivity contribution in [3.05, 3.63) is 80.2 Å². The Labute approximate surface area is 364 Å². The molecule has 2 saturated heterocycles. The summed E-state index contributed by atoms with van der Waals surface area (Å²) < 4.78 is 58.5. The van der Waals surface area contributed by atoms with E-state index >= 15 is 0 Å². The summed E-state index contributed by atoms with van der Waals surface area (Å²) in [6.07, 6.45) is 19.5. The van der Waals surface area contributed by atoms with E-state index in [4.69, 9.17) is 15.1 Å². The Bertz CT molecular complexity index is 2540. The predicted molar refractivity (Wildman–Crippen MR) is 233 cm³/mol. The maximum absolute atomic E-state index is 12.8. The number of likely N-dealkylation sites (tertiary alicyclic amines) is 2. The van der Waals surface area contributed by atoms with Crippen molar-refractivity contribution < 1.29 is 26.4 Å². The van der Waals surface area contributed by atoms with Crippen LogP contribution < -0.4 is 19.9 Å². The lowest BCUT2D eigenvalue weighted by molar-refractivity contribution is 0.256. The topological polar surface area (TPSA) is 211 Å². The van der Waals surface area contributed by atoms with Crippen molar-refractivity contribution in [1.82, 2.24) is 34.1 Å². The van der Waals surface area contributed by atoms with Gasteiger partial charge in [0.25, 0.3) is 26.3 Å². The van der Waals surface area contributed by atoms with Gasteiger partial charge in [0.2, 0.25) is 0 Å². The Hall–Kier alpha value is -4.80. The van der Waals surface area contributed by atoms with Crippen molar-refractivity contribution >= 4 is 31.8 Å². The summed E-state index contributed by atoms with van der Waals surface area (Å²) in [4.78, 5) is 17.3. The number of urea groups is 1.